The first-order chi connectivity index (χ1) is 9.04. The third-order valence-electron chi connectivity index (χ3n) is 2.66. The highest BCUT2D eigenvalue weighted by Gasteiger charge is 2.33. The molecule has 110 valence electrons. The molecule has 6 nitrogen and oxygen atoms in total. The molecule has 0 unspecified atom stereocenters. The Balaban J connectivity index is 2.64. The van der Waals surface area contributed by atoms with E-state index >= 15 is 0 Å². The molecule has 0 spiro atoms. The van der Waals surface area contributed by atoms with Crippen LogP contribution in [0.5, 0.6) is 0 Å². The van der Waals surface area contributed by atoms with Crippen molar-refractivity contribution < 1.29 is 27.7 Å². The molecule has 1 aliphatic carbocycles. The van der Waals surface area contributed by atoms with E-state index in [2.05, 4.69) is 0 Å². The Bertz CT molecular complexity index is 357. The summed E-state index contributed by atoms with van der Waals surface area (Å²) in [5.41, 5.74) is 0. The fraction of sp³-hybridized carbons (Fsp3) is 0.750. The minimum absolute atomic E-state index is 0.230. The molecule has 0 aromatic heterocycles. The lowest BCUT2D eigenvalue weighted by atomic mass is 9.93. The molecule has 0 amide bonds. The topological polar surface area (TPSA) is 71.1 Å². The van der Waals surface area contributed by atoms with Gasteiger partial charge in [0.25, 0.3) is 0 Å². The summed E-state index contributed by atoms with van der Waals surface area (Å²) in [6.07, 6.45) is 4.12. The van der Waals surface area contributed by atoms with Crippen LogP contribution < -0.4 is 0 Å². The lowest BCUT2D eigenvalue weighted by Gasteiger charge is -2.26. The van der Waals surface area contributed by atoms with Crippen LogP contribution in [0.4, 0.5) is 0 Å². The summed E-state index contributed by atoms with van der Waals surface area (Å²) in [4.78, 5) is 11.5. The number of esters is 1. The maximum absolute atomic E-state index is 12.2. The van der Waals surface area contributed by atoms with E-state index in [1.54, 1.807) is 19.9 Å². The molecule has 0 saturated heterocycles. The zero-order chi connectivity index (χ0) is 14.3. The molecule has 0 saturated carbocycles. The van der Waals surface area contributed by atoms with Crippen molar-refractivity contribution in [3.05, 3.63) is 12.2 Å². The van der Waals surface area contributed by atoms with Crippen LogP contribution in [0.1, 0.15) is 26.7 Å². The summed E-state index contributed by atoms with van der Waals surface area (Å²) in [5.74, 6) is -0.572. The number of hydrogen-bond acceptors (Lipinski definition) is 6. The summed E-state index contributed by atoms with van der Waals surface area (Å²) < 4.78 is 32.4. The van der Waals surface area contributed by atoms with Crippen molar-refractivity contribution in [1.82, 2.24) is 0 Å². The SMILES string of the molecule is CCOP(=O)(OCC)O[C@@H]1C=CC[C@@H](C(=O)OC)C1. The van der Waals surface area contributed by atoms with E-state index in [-0.39, 0.29) is 25.1 Å². The highest BCUT2D eigenvalue weighted by molar-refractivity contribution is 7.48. The van der Waals surface area contributed by atoms with Gasteiger partial charge in [0, 0.05) is 0 Å². The fourth-order valence-electron chi connectivity index (χ4n) is 1.87. The van der Waals surface area contributed by atoms with Gasteiger partial charge in [0.2, 0.25) is 0 Å². The van der Waals surface area contributed by atoms with Crippen LogP contribution in [0, 0.1) is 5.92 Å². The number of methoxy groups -OCH3 is 1. The molecular formula is C12H21O6P. The predicted molar refractivity (Wildman–Crippen MR) is 69.6 cm³/mol. The first kappa shape index (κ1) is 16.4. The van der Waals surface area contributed by atoms with Gasteiger partial charge in [-0.3, -0.25) is 18.4 Å². The lowest BCUT2D eigenvalue weighted by molar-refractivity contribution is -0.146. The number of allylic oxidation sites excluding steroid dienone is 1. The van der Waals surface area contributed by atoms with Gasteiger partial charge in [0.05, 0.1) is 32.3 Å². The number of rotatable bonds is 7. The van der Waals surface area contributed by atoms with Gasteiger partial charge in [-0.15, -0.1) is 0 Å². The fourth-order valence-corrected chi connectivity index (χ4v) is 3.18. The van der Waals surface area contributed by atoms with Crippen molar-refractivity contribution in [2.75, 3.05) is 20.3 Å². The number of carbonyl (C=O) groups is 1. The zero-order valence-corrected chi connectivity index (χ0v) is 12.4. The highest BCUT2D eigenvalue weighted by atomic mass is 31.2. The van der Waals surface area contributed by atoms with Crippen LogP contribution in [0.2, 0.25) is 0 Å². The number of ether oxygens (including phenoxy) is 1. The van der Waals surface area contributed by atoms with E-state index < -0.39 is 13.9 Å². The van der Waals surface area contributed by atoms with E-state index in [4.69, 9.17) is 18.3 Å². The number of hydrogen-bond donors (Lipinski definition) is 0. The molecule has 0 aromatic carbocycles. The van der Waals surface area contributed by atoms with Crippen molar-refractivity contribution in [2.24, 2.45) is 5.92 Å². The second-order valence-corrected chi connectivity index (χ2v) is 5.67. The molecule has 0 fully saturated rings. The molecule has 7 heteroatoms. The molecule has 1 rings (SSSR count). The van der Waals surface area contributed by atoms with Gasteiger partial charge in [-0.05, 0) is 26.7 Å². The van der Waals surface area contributed by atoms with E-state index in [0.717, 1.165) is 0 Å². The maximum atomic E-state index is 12.2. The second kappa shape index (κ2) is 7.80. The Kier molecular flexibility index (Phi) is 6.72. The van der Waals surface area contributed by atoms with Gasteiger partial charge in [0.15, 0.2) is 0 Å². The van der Waals surface area contributed by atoms with Crippen molar-refractivity contribution in [1.29, 1.82) is 0 Å². The predicted octanol–water partition coefficient (Wildman–Crippen LogP) is 2.69. The van der Waals surface area contributed by atoms with Crippen LogP contribution in [-0.2, 0) is 27.7 Å². The second-order valence-electron chi connectivity index (χ2n) is 4.05. The molecule has 0 bridgehead atoms. The summed E-state index contributed by atoms with van der Waals surface area (Å²) in [5, 5.41) is 0. The standard InChI is InChI=1S/C12H21O6P/c1-4-16-19(14,17-5-2)18-11-8-6-7-10(9-11)12(13)15-3/h6,8,10-11H,4-5,7,9H2,1-3H3/t10-,11-/m1/s1. The van der Waals surface area contributed by atoms with E-state index in [1.165, 1.54) is 7.11 Å². The Labute approximate surface area is 113 Å². The van der Waals surface area contributed by atoms with Crippen molar-refractivity contribution >= 4 is 13.8 Å². The van der Waals surface area contributed by atoms with Crippen LogP contribution in [-0.4, -0.2) is 32.4 Å². The molecular weight excluding hydrogens is 271 g/mol. The normalized spacial score (nSPS) is 23.3. The smallest absolute Gasteiger partial charge is 0.469 e. The van der Waals surface area contributed by atoms with Crippen LogP contribution in [0.3, 0.4) is 0 Å². The number of carbonyl (C=O) groups excluding carboxylic acids is 1. The Morgan fingerprint density at radius 3 is 2.47 bits per heavy atom. The lowest BCUT2D eigenvalue weighted by Crippen LogP contribution is -2.25. The molecule has 19 heavy (non-hydrogen) atoms. The van der Waals surface area contributed by atoms with Crippen LogP contribution >= 0.6 is 7.82 Å². The number of phosphoric acid groups is 1. The van der Waals surface area contributed by atoms with Crippen LogP contribution in [0.15, 0.2) is 12.2 Å². The Hall–Kier alpha value is -0.680. The Morgan fingerprint density at radius 1 is 1.32 bits per heavy atom. The van der Waals surface area contributed by atoms with Gasteiger partial charge < -0.3 is 4.74 Å². The molecule has 0 radical (unpaired) electrons. The first-order valence-electron chi connectivity index (χ1n) is 6.36. The van der Waals surface area contributed by atoms with Gasteiger partial charge in [-0.1, -0.05) is 12.2 Å². The highest BCUT2D eigenvalue weighted by Crippen LogP contribution is 2.51. The summed E-state index contributed by atoms with van der Waals surface area (Å²) in [6, 6.07) is 0. The minimum atomic E-state index is -3.56. The van der Waals surface area contributed by atoms with Crippen molar-refractivity contribution in [2.45, 2.75) is 32.8 Å². The van der Waals surface area contributed by atoms with E-state index in [0.29, 0.717) is 12.8 Å². The van der Waals surface area contributed by atoms with E-state index in [1.807, 2.05) is 6.08 Å². The molecule has 2 atom stereocenters. The third kappa shape index (κ3) is 5.07. The summed E-state index contributed by atoms with van der Waals surface area (Å²) in [7, 11) is -2.21. The molecule has 1 aliphatic rings. The van der Waals surface area contributed by atoms with Crippen LogP contribution in [0.25, 0.3) is 0 Å². The molecule has 0 aromatic rings. The van der Waals surface area contributed by atoms with E-state index in [9.17, 15) is 9.36 Å². The molecule has 0 heterocycles. The van der Waals surface area contributed by atoms with Gasteiger partial charge in [-0.2, -0.15) is 0 Å². The monoisotopic (exact) mass is 292 g/mol. The van der Waals surface area contributed by atoms with Gasteiger partial charge >= 0.3 is 13.8 Å². The van der Waals surface area contributed by atoms with Gasteiger partial charge in [0.1, 0.15) is 0 Å². The largest absolute Gasteiger partial charge is 0.475 e. The van der Waals surface area contributed by atoms with Crippen molar-refractivity contribution in [3.63, 3.8) is 0 Å². The summed E-state index contributed by atoms with van der Waals surface area (Å²) >= 11 is 0. The first-order valence-corrected chi connectivity index (χ1v) is 7.82. The zero-order valence-electron chi connectivity index (χ0n) is 11.5. The average Bonchev–Trinajstić information content (AvgIpc) is 2.38. The summed E-state index contributed by atoms with van der Waals surface area (Å²) in [6.45, 7) is 3.88. The number of phosphoric ester groups is 1. The Morgan fingerprint density at radius 2 is 1.95 bits per heavy atom. The molecule has 0 aliphatic heterocycles. The minimum Gasteiger partial charge on any atom is -0.469 e. The molecule has 0 N–H and O–H groups in total. The third-order valence-corrected chi connectivity index (χ3v) is 4.34. The quantitative estimate of drug-likeness (QED) is 0.408. The maximum Gasteiger partial charge on any atom is 0.475 e. The van der Waals surface area contributed by atoms with Crippen molar-refractivity contribution in [3.8, 4) is 0 Å². The average molecular weight is 292 g/mol. The van der Waals surface area contributed by atoms with Gasteiger partial charge in [-0.25, -0.2) is 4.57 Å².